The highest BCUT2D eigenvalue weighted by atomic mass is 19.4. The second-order valence-corrected chi connectivity index (χ2v) is 7.75. The van der Waals surface area contributed by atoms with Crippen LogP contribution in [-0.4, -0.2) is 33.5 Å². The second kappa shape index (κ2) is 14.9. The molecule has 0 spiro atoms. The fourth-order valence-electron chi connectivity index (χ4n) is 3.94. The Labute approximate surface area is 213 Å². The number of carboxylic acid groups (broad SMARTS) is 1. The Bertz CT molecular complexity index is 1220. The zero-order valence-corrected chi connectivity index (χ0v) is 20.3. The van der Waals surface area contributed by atoms with E-state index in [1.54, 1.807) is 19.3 Å². The standard InChI is InChI=1S/C22H23FN4O3.C2H6.CHF3.CH4/c1-27-20(13-6-3-2-4-7-13)26-18-14(10-15(23)11-17(18)21(27)28)12-25-19-16(22(29)30)8-5-9-24-19;1-2;2-1(3)4;/h5-6,8-11,19,24-25H,2-4,7,12H2,1H3,(H,29,30);1-2H3;1H;1H4. The molecule has 2 heterocycles. The van der Waals surface area contributed by atoms with E-state index in [1.807, 2.05) is 13.8 Å². The van der Waals surface area contributed by atoms with Crippen molar-refractivity contribution < 1.29 is 27.5 Å². The van der Waals surface area contributed by atoms with Crippen molar-refractivity contribution >= 4 is 22.4 Å². The van der Waals surface area contributed by atoms with Crippen LogP contribution in [0.5, 0.6) is 0 Å². The number of dihydropyridines is 1. The quantitative estimate of drug-likeness (QED) is 0.451. The van der Waals surface area contributed by atoms with Gasteiger partial charge < -0.3 is 10.4 Å². The van der Waals surface area contributed by atoms with Crippen molar-refractivity contribution in [2.24, 2.45) is 7.05 Å². The predicted octanol–water partition coefficient (Wildman–Crippen LogP) is 5.41. The maximum Gasteiger partial charge on any atom is 0.379 e. The highest BCUT2D eigenvalue weighted by Crippen LogP contribution is 2.26. The van der Waals surface area contributed by atoms with Crippen molar-refractivity contribution in [3.05, 3.63) is 69.7 Å². The Kier molecular flexibility index (Phi) is 12.7. The predicted molar refractivity (Wildman–Crippen MR) is 137 cm³/mol. The maximum atomic E-state index is 14.3. The molecule has 1 unspecified atom stereocenters. The van der Waals surface area contributed by atoms with Crippen LogP contribution in [0, 0.1) is 5.82 Å². The van der Waals surface area contributed by atoms with Crippen molar-refractivity contribution in [3.8, 4) is 0 Å². The minimum Gasteiger partial charge on any atom is -0.478 e. The maximum absolute atomic E-state index is 14.3. The Morgan fingerprint density at radius 2 is 1.95 bits per heavy atom. The number of nitrogens with zero attached hydrogens (tertiary/aromatic N) is 2. The van der Waals surface area contributed by atoms with Crippen molar-refractivity contribution in [1.82, 2.24) is 20.2 Å². The van der Waals surface area contributed by atoms with E-state index in [0.29, 0.717) is 16.9 Å². The molecule has 3 N–H and O–H groups in total. The first-order valence-electron chi connectivity index (χ1n) is 11.6. The average Bonchev–Trinajstić information content (AvgIpc) is 2.86. The molecule has 0 bridgehead atoms. The van der Waals surface area contributed by atoms with Crippen LogP contribution in [0.4, 0.5) is 17.6 Å². The summed E-state index contributed by atoms with van der Waals surface area (Å²) in [6.45, 7) is 0.475. The molecule has 0 amide bonds. The van der Waals surface area contributed by atoms with Gasteiger partial charge in [-0.3, -0.25) is 14.7 Å². The highest BCUT2D eigenvalue weighted by molar-refractivity contribution is 5.88. The van der Waals surface area contributed by atoms with Gasteiger partial charge in [0.05, 0.1) is 16.5 Å². The van der Waals surface area contributed by atoms with Gasteiger partial charge >= 0.3 is 12.6 Å². The molecule has 1 atom stereocenters. The Morgan fingerprint density at radius 3 is 2.54 bits per heavy atom. The first kappa shape index (κ1) is 31.6. The molecule has 37 heavy (non-hydrogen) atoms. The van der Waals surface area contributed by atoms with Gasteiger partial charge in [0, 0.05) is 13.6 Å². The van der Waals surface area contributed by atoms with E-state index >= 15 is 0 Å². The molecular formula is C26H34F4N4O3. The zero-order valence-electron chi connectivity index (χ0n) is 20.3. The van der Waals surface area contributed by atoms with Gasteiger partial charge in [0.1, 0.15) is 17.8 Å². The number of carboxylic acids is 1. The Hall–Kier alpha value is -3.47. The molecule has 0 saturated heterocycles. The molecule has 1 aliphatic carbocycles. The number of halogens is 4. The molecule has 2 aromatic rings. The van der Waals surface area contributed by atoms with Gasteiger partial charge in [0.15, 0.2) is 0 Å². The number of carbonyl (C=O) groups is 1. The summed E-state index contributed by atoms with van der Waals surface area (Å²) in [5.41, 5.74) is 1.81. The molecule has 0 radical (unpaired) electrons. The number of hydrogen-bond donors (Lipinski definition) is 3. The molecule has 11 heteroatoms. The first-order valence-corrected chi connectivity index (χ1v) is 11.6. The Balaban J connectivity index is 0.000000894. The SMILES string of the molecule is C.CC.Cn1c(C2=CCCCC2)nc2c(CNC3NC=CC=C3C(=O)O)cc(F)cc2c1=O.FC(F)F. The summed E-state index contributed by atoms with van der Waals surface area (Å²) in [6, 6.07) is 2.54. The van der Waals surface area contributed by atoms with E-state index in [2.05, 4.69) is 16.7 Å². The van der Waals surface area contributed by atoms with Gasteiger partial charge in [-0.05, 0) is 67.3 Å². The lowest BCUT2D eigenvalue weighted by atomic mass is 9.98. The van der Waals surface area contributed by atoms with Gasteiger partial charge in [-0.2, -0.15) is 13.2 Å². The molecule has 1 aromatic carbocycles. The molecular weight excluding hydrogens is 492 g/mol. The highest BCUT2D eigenvalue weighted by Gasteiger charge is 2.22. The number of hydrogen-bond acceptors (Lipinski definition) is 5. The summed E-state index contributed by atoms with van der Waals surface area (Å²) in [7, 11) is 1.66. The van der Waals surface area contributed by atoms with Crippen LogP contribution >= 0.6 is 0 Å². The lowest BCUT2D eigenvalue weighted by Gasteiger charge is -2.22. The molecule has 4 rings (SSSR count). The van der Waals surface area contributed by atoms with Crippen LogP contribution in [0.25, 0.3) is 16.5 Å². The van der Waals surface area contributed by atoms with Gasteiger partial charge in [0.2, 0.25) is 0 Å². The number of rotatable bonds is 5. The van der Waals surface area contributed by atoms with E-state index in [9.17, 15) is 32.3 Å². The van der Waals surface area contributed by atoms with Crippen LogP contribution in [0.3, 0.4) is 0 Å². The molecule has 204 valence electrons. The number of fused-ring (bicyclic) bond motifs is 1. The fourth-order valence-corrected chi connectivity index (χ4v) is 3.94. The number of benzene rings is 1. The van der Waals surface area contributed by atoms with Gasteiger partial charge in [-0.1, -0.05) is 27.4 Å². The number of allylic oxidation sites excluding steroid dienone is 4. The average molecular weight is 527 g/mol. The lowest BCUT2D eigenvalue weighted by molar-refractivity contribution is -0.133. The van der Waals surface area contributed by atoms with E-state index < -0.39 is 24.6 Å². The summed E-state index contributed by atoms with van der Waals surface area (Å²) in [5.74, 6) is -0.981. The molecule has 7 nitrogen and oxygen atoms in total. The fraction of sp³-hybridized carbons (Fsp3) is 0.423. The summed E-state index contributed by atoms with van der Waals surface area (Å²) < 4.78 is 44.8. The third-order valence-electron chi connectivity index (χ3n) is 5.49. The number of aliphatic carboxylic acids is 1. The van der Waals surface area contributed by atoms with Crippen LogP contribution in [0.15, 0.2) is 46.9 Å². The molecule has 1 aromatic heterocycles. The first-order chi connectivity index (χ1) is 17.2. The lowest BCUT2D eigenvalue weighted by Crippen LogP contribution is -2.44. The topological polar surface area (TPSA) is 96.2 Å². The van der Waals surface area contributed by atoms with Gasteiger partial charge in [-0.15, -0.1) is 0 Å². The summed E-state index contributed by atoms with van der Waals surface area (Å²) >= 11 is 0. The van der Waals surface area contributed by atoms with E-state index in [0.717, 1.165) is 31.3 Å². The van der Waals surface area contributed by atoms with Crippen molar-refractivity contribution in [3.63, 3.8) is 0 Å². The normalized spacial score (nSPS) is 16.3. The van der Waals surface area contributed by atoms with Crippen LogP contribution in [-0.2, 0) is 18.4 Å². The summed E-state index contributed by atoms with van der Waals surface area (Å²) in [4.78, 5) is 29.1. The molecule has 0 fully saturated rings. The third-order valence-corrected chi connectivity index (χ3v) is 5.49. The zero-order chi connectivity index (χ0) is 26.8. The van der Waals surface area contributed by atoms with E-state index in [1.165, 1.54) is 22.8 Å². The van der Waals surface area contributed by atoms with Crippen LogP contribution < -0.4 is 16.2 Å². The van der Waals surface area contributed by atoms with Gasteiger partial charge in [-0.25, -0.2) is 14.2 Å². The smallest absolute Gasteiger partial charge is 0.379 e. The third kappa shape index (κ3) is 8.28. The molecule has 2 aliphatic rings. The minimum atomic E-state index is -3.67. The second-order valence-electron chi connectivity index (χ2n) is 7.75. The van der Waals surface area contributed by atoms with Crippen LogP contribution in [0.1, 0.15) is 58.3 Å². The largest absolute Gasteiger partial charge is 0.478 e. The number of alkyl halides is 3. The molecule has 1 aliphatic heterocycles. The van der Waals surface area contributed by atoms with Crippen molar-refractivity contribution in [2.45, 2.75) is 66.3 Å². The van der Waals surface area contributed by atoms with Crippen molar-refractivity contribution in [1.29, 1.82) is 0 Å². The number of nitrogens with one attached hydrogen (secondary N) is 2. The van der Waals surface area contributed by atoms with Crippen molar-refractivity contribution in [2.75, 3.05) is 0 Å². The number of aromatic nitrogens is 2. The Morgan fingerprint density at radius 1 is 1.27 bits per heavy atom. The van der Waals surface area contributed by atoms with Crippen LogP contribution in [0.2, 0.25) is 0 Å². The monoisotopic (exact) mass is 526 g/mol. The molecule has 0 saturated carbocycles. The van der Waals surface area contributed by atoms with E-state index in [-0.39, 0.29) is 30.5 Å². The van der Waals surface area contributed by atoms with E-state index in [4.69, 9.17) is 4.98 Å². The minimum absolute atomic E-state index is 0. The summed E-state index contributed by atoms with van der Waals surface area (Å²) in [5, 5.41) is 15.6. The van der Waals surface area contributed by atoms with Gasteiger partial charge in [0.25, 0.3) is 5.56 Å². The summed E-state index contributed by atoms with van der Waals surface area (Å²) in [6.07, 6.45) is 10.2.